The molecular weight excluding hydrogens is 1010 g/mol. The standard InChI is InChI=1S/C66H125NO11S/c1-3-5-7-9-11-13-15-17-19-21-23-25-27-29-30-32-34-36-38-40-42-44-46-48-50-52-54-56-62(70)67-59(58-76-66-64(72)65(78-79(73,74)75)63(71)61(57-68)77-66)60(69)55-53-51-49-47-45-43-41-39-37-35-33-31-28-26-24-22-20-18-16-14-12-10-8-6-4-2/h23,25,29-30,53,55,59-61,63-66,68-69,71-72H,3-22,24,26-28,31-52,54,56-58H2,1-2H3,(H,67,70)(H,73,74,75)/b25-23-,30-29-,55-53+. The molecule has 1 fully saturated rings. The SMILES string of the molecule is CCCCCCCCCCC/C=C\C/C=C\CCCCCCCCCCCCCC(=O)NC(COC1OC(CO)C(O)C(OS(=O)(=O)O)C1O)C(O)/C=C/CCCCCCCCCCCCCCCCCCCCCCCCC. The van der Waals surface area contributed by atoms with Crippen molar-refractivity contribution in [3.63, 3.8) is 0 Å². The number of aliphatic hydroxyl groups is 4. The Morgan fingerprint density at radius 2 is 0.848 bits per heavy atom. The molecule has 1 amide bonds. The summed E-state index contributed by atoms with van der Waals surface area (Å²) in [5, 5.41) is 45.1. The van der Waals surface area contributed by atoms with Crippen molar-refractivity contribution >= 4 is 16.3 Å². The molecule has 0 aliphatic carbocycles. The predicted molar refractivity (Wildman–Crippen MR) is 328 cm³/mol. The number of aliphatic hydroxyl groups excluding tert-OH is 4. The molecule has 1 heterocycles. The summed E-state index contributed by atoms with van der Waals surface area (Å²) < 4.78 is 48.0. The molecule has 7 unspecified atom stereocenters. The number of rotatable bonds is 59. The van der Waals surface area contributed by atoms with Gasteiger partial charge in [0.05, 0.1) is 25.4 Å². The van der Waals surface area contributed by atoms with E-state index in [1.807, 2.05) is 6.08 Å². The summed E-state index contributed by atoms with van der Waals surface area (Å²) in [6.07, 6.45) is 63.4. The number of carbonyl (C=O) groups excluding carboxylic acids is 1. The van der Waals surface area contributed by atoms with E-state index in [1.54, 1.807) is 6.08 Å². The van der Waals surface area contributed by atoms with Crippen LogP contribution in [0.1, 0.15) is 322 Å². The smallest absolute Gasteiger partial charge is 0.394 e. The highest BCUT2D eigenvalue weighted by molar-refractivity contribution is 7.80. The molecule has 466 valence electrons. The van der Waals surface area contributed by atoms with Crippen LogP contribution in [0.2, 0.25) is 0 Å². The van der Waals surface area contributed by atoms with Gasteiger partial charge in [0.2, 0.25) is 5.91 Å². The average molecular weight is 1140 g/mol. The lowest BCUT2D eigenvalue weighted by atomic mass is 9.99. The van der Waals surface area contributed by atoms with Crippen LogP contribution in [0.4, 0.5) is 0 Å². The summed E-state index contributed by atoms with van der Waals surface area (Å²) >= 11 is 0. The Kier molecular flexibility index (Phi) is 52.9. The highest BCUT2D eigenvalue weighted by Crippen LogP contribution is 2.26. The van der Waals surface area contributed by atoms with Crippen LogP contribution in [0.15, 0.2) is 36.5 Å². The third-order valence-electron chi connectivity index (χ3n) is 15.9. The average Bonchev–Trinajstić information content (AvgIpc) is 3.44. The summed E-state index contributed by atoms with van der Waals surface area (Å²) in [5.74, 6) is -0.260. The zero-order valence-corrected chi connectivity index (χ0v) is 51.8. The minimum atomic E-state index is -5.09. The molecule has 79 heavy (non-hydrogen) atoms. The van der Waals surface area contributed by atoms with E-state index < -0.39 is 59.9 Å². The van der Waals surface area contributed by atoms with Gasteiger partial charge >= 0.3 is 10.4 Å². The highest BCUT2D eigenvalue weighted by atomic mass is 32.3. The number of allylic oxidation sites excluding steroid dienone is 5. The third-order valence-corrected chi connectivity index (χ3v) is 16.4. The van der Waals surface area contributed by atoms with E-state index in [0.29, 0.717) is 6.42 Å². The summed E-state index contributed by atoms with van der Waals surface area (Å²) in [5.41, 5.74) is 0. The zero-order chi connectivity index (χ0) is 57.5. The topological polar surface area (TPSA) is 192 Å². The number of amides is 1. The molecule has 0 saturated carbocycles. The van der Waals surface area contributed by atoms with Crippen molar-refractivity contribution in [2.75, 3.05) is 13.2 Å². The molecule has 1 aliphatic rings. The number of nitrogens with one attached hydrogen (secondary N) is 1. The van der Waals surface area contributed by atoms with Gasteiger partial charge in [-0.15, -0.1) is 0 Å². The van der Waals surface area contributed by atoms with Gasteiger partial charge in [-0.2, -0.15) is 8.42 Å². The Hall–Kier alpha value is -1.68. The number of carbonyl (C=O) groups is 1. The molecule has 6 N–H and O–H groups in total. The van der Waals surface area contributed by atoms with Crippen molar-refractivity contribution in [2.45, 2.75) is 365 Å². The van der Waals surface area contributed by atoms with E-state index in [4.69, 9.17) is 9.47 Å². The lowest BCUT2D eigenvalue weighted by Crippen LogP contribution is -2.61. The first-order valence-electron chi connectivity index (χ1n) is 33.4. The fraction of sp³-hybridized carbons (Fsp3) is 0.894. The van der Waals surface area contributed by atoms with Crippen LogP contribution in [0.25, 0.3) is 0 Å². The molecular formula is C66H125NO11S. The largest absolute Gasteiger partial charge is 0.397 e. The minimum Gasteiger partial charge on any atom is -0.394 e. The first kappa shape index (κ1) is 75.3. The maximum atomic E-state index is 13.2. The predicted octanol–water partition coefficient (Wildman–Crippen LogP) is 16.9. The number of hydrogen-bond donors (Lipinski definition) is 6. The second-order valence-corrected chi connectivity index (χ2v) is 24.5. The van der Waals surface area contributed by atoms with Crippen LogP contribution in [0.5, 0.6) is 0 Å². The maximum Gasteiger partial charge on any atom is 0.397 e. The Labute approximate surface area is 485 Å². The normalized spacial score (nSPS) is 18.9. The monoisotopic (exact) mass is 1140 g/mol. The lowest BCUT2D eigenvalue weighted by molar-refractivity contribution is -0.298. The Bertz CT molecular complexity index is 1530. The van der Waals surface area contributed by atoms with E-state index in [2.05, 4.69) is 47.7 Å². The Morgan fingerprint density at radius 1 is 0.506 bits per heavy atom. The van der Waals surface area contributed by atoms with Crippen molar-refractivity contribution in [3.8, 4) is 0 Å². The fourth-order valence-electron chi connectivity index (χ4n) is 10.8. The van der Waals surface area contributed by atoms with Gasteiger partial charge < -0.3 is 35.2 Å². The molecule has 0 spiro atoms. The quantitative estimate of drug-likeness (QED) is 0.0193. The minimum absolute atomic E-state index is 0.260. The first-order chi connectivity index (χ1) is 38.5. The molecule has 12 nitrogen and oxygen atoms in total. The van der Waals surface area contributed by atoms with E-state index in [1.165, 1.54) is 250 Å². The van der Waals surface area contributed by atoms with Gasteiger partial charge in [-0.05, 0) is 51.4 Å². The highest BCUT2D eigenvalue weighted by Gasteiger charge is 2.48. The molecule has 0 bridgehead atoms. The van der Waals surface area contributed by atoms with E-state index in [0.717, 1.165) is 44.9 Å². The van der Waals surface area contributed by atoms with Crippen LogP contribution in [-0.4, -0.2) is 95.4 Å². The second kappa shape index (κ2) is 55.5. The Balaban J connectivity index is 2.30. The molecule has 0 radical (unpaired) electrons. The molecule has 1 aliphatic heterocycles. The summed E-state index contributed by atoms with van der Waals surface area (Å²) in [6, 6.07) is -0.947. The van der Waals surface area contributed by atoms with Crippen molar-refractivity contribution in [2.24, 2.45) is 0 Å². The lowest BCUT2D eigenvalue weighted by Gasteiger charge is -2.41. The van der Waals surface area contributed by atoms with Crippen molar-refractivity contribution < 1.29 is 51.8 Å². The summed E-state index contributed by atoms with van der Waals surface area (Å²) in [6.45, 7) is 3.45. The van der Waals surface area contributed by atoms with Crippen LogP contribution in [0.3, 0.4) is 0 Å². The van der Waals surface area contributed by atoms with Crippen molar-refractivity contribution in [3.05, 3.63) is 36.5 Å². The van der Waals surface area contributed by atoms with Crippen LogP contribution in [0, 0.1) is 0 Å². The molecule has 0 aromatic rings. The van der Waals surface area contributed by atoms with Gasteiger partial charge in [-0.25, -0.2) is 4.18 Å². The second-order valence-electron chi connectivity index (χ2n) is 23.4. The molecule has 13 heteroatoms. The van der Waals surface area contributed by atoms with Gasteiger partial charge in [0.25, 0.3) is 0 Å². The van der Waals surface area contributed by atoms with E-state index in [9.17, 15) is 38.2 Å². The Morgan fingerprint density at radius 3 is 1.20 bits per heavy atom. The summed E-state index contributed by atoms with van der Waals surface area (Å²) in [7, 11) is -5.09. The number of hydrogen-bond acceptors (Lipinski definition) is 10. The van der Waals surface area contributed by atoms with Gasteiger partial charge in [-0.1, -0.05) is 301 Å². The van der Waals surface area contributed by atoms with Crippen molar-refractivity contribution in [1.82, 2.24) is 5.32 Å². The number of unbranched alkanes of at least 4 members (excludes halogenated alkanes) is 43. The van der Waals surface area contributed by atoms with Gasteiger partial charge in [0.1, 0.15) is 24.4 Å². The molecule has 0 aromatic heterocycles. The summed E-state index contributed by atoms with van der Waals surface area (Å²) in [4.78, 5) is 13.2. The molecule has 1 rings (SSSR count). The molecule has 7 atom stereocenters. The zero-order valence-electron chi connectivity index (χ0n) is 51.0. The molecule has 0 aromatic carbocycles. The van der Waals surface area contributed by atoms with Crippen molar-refractivity contribution in [1.29, 1.82) is 0 Å². The van der Waals surface area contributed by atoms with E-state index in [-0.39, 0.29) is 18.9 Å². The third kappa shape index (κ3) is 47.4. The van der Waals surface area contributed by atoms with Crippen LogP contribution in [-0.2, 0) is 28.9 Å². The van der Waals surface area contributed by atoms with Crippen LogP contribution < -0.4 is 5.32 Å². The molecule has 1 saturated heterocycles. The van der Waals surface area contributed by atoms with Gasteiger partial charge in [-0.3, -0.25) is 9.35 Å². The van der Waals surface area contributed by atoms with Gasteiger partial charge in [0, 0.05) is 6.42 Å². The fourth-order valence-corrected chi connectivity index (χ4v) is 11.3. The van der Waals surface area contributed by atoms with E-state index >= 15 is 0 Å². The maximum absolute atomic E-state index is 13.2. The first-order valence-corrected chi connectivity index (χ1v) is 34.7. The number of ether oxygens (including phenoxy) is 2. The van der Waals surface area contributed by atoms with Crippen LogP contribution >= 0.6 is 0 Å². The van der Waals surface area contributed by atoms with Gasteiger partial charge in [0.15, 0.2) is 6.29 Å².